The molecule has 1 atom stereocenters. The maximum absolute atomic E-state index is 11.2. The highest BCUT2D eigenvalue weighted by atomic mass is 35.5. The van der Waals surface area contributed by atoms with Gasteiger partial charge in [0.2, 0.25) is 0 Å². The molecule has 1 unspecified atom stereocenters. The third-order valence-electron chi connectivity index (χ3n) is 4.34. The van der Waals surface area contributed by atoms with E-state index in [4.69, 9.17) is 11.6 Å². The van der Waals surface area contributed by atoms with Gasteiger partial charge in [-0.05, 0) is 24.1 Å². The van der Waals surface area contributed by atoms with Crippen molar-refractivity contribution in [3.8, 4) is 11.3 Å². The fraction of sp³-hybridized carbons (Fsp3) is 0.105. The molecule has 0 aliphatic carbocycles. The van der Waals surface area contributed by atoms with Crippen molar-refractivity contribution < 1.29 is 10.4 Å². The molecule has 2 aromatic heterocycles. The van der Waals surface area contributed by atoms with Crippen LogP contribution < -0.4 is 10.5 Å². The summed E-state index contributed by atoms with van der Waals surface area (Å²) in [7, 11) is 0. The Bertz CT molecular complexity index is 1080. The molecule has 0 aliphatic rings. The smallest absolute Gasteiger partial charge is 0.183 e. The Morgan fingerprint density at radius 3 is 2.96 bits per heavy atom. The van der Waals surface area contributed by atoms with E-state index in [0.717, 1.165) is 34.9 Å². The average Bonchev–Trinajstić information content (AvgIpc) is 3.30. The lowest BCUT2D eigenvalue weighted by atomic mass is 10.1. The van der Waals surface area contributed by atoms with E-state index < -0.39 is 5.23 Å². The molecule has 0 fully saturated rings. The minimum atomic E-state index is -1.05. The largest absolute Gasteiger partial charge is 0.595 e. The van der Waals surface area contributed by atoms with E-state index in [9.17, 15) is 10.4 Å². The van der Waals surface area contributed by atoms with Crippen molar-refractivity contribution in [2.45, 2.75) is 6.42 Å². The second-order valence-electron chi connectivity index (χ2n) is 6.07. The van der Waals surface area contributed by atoms with Gasteiger partial charge >= 0.3 is 0 Å². The second-order valence-corrected chi connectivity index (χ2v) is 7.34. The Hall–Kier alpha value is -2.42. The van der Waals surface area contributed by atoms with Crippen molar-refractivity contribution >= 4 is 44.7 Å². The molecular formula is C19H17ClN4O2S. The molecule has 0 aliphatic heterocycles. The molecule has 27 heavy (non-hydrogen) atoms. The molecule has 0 saturated carbocycles. The summed E-state index contributed by atoms with van der Waals surface area (Å²) >= 11 is 7.42. The van der Waals surface area contributed by atoms with Crippen LogP contribution in [0.5, 0.6) is 0 Å². The molecule has 138 valence electrons. The van der Waals surface area contributed by atoms with Crippen LogP contribution >= 0.6 is 22.9 Å². The van der Waals surface area contributed by atoms with Gasteiger partial charge in [0.05, 0.1) is 5.69 Å². The Balaban J connectivity index is 1.43. The van der Waals surface area contributed by atoms with Crippen LogP contribution in [0.2, 0.25) is 5.02 Å². The number of quaternary nitrogens is 1. The van der Waals surface area contributed by atoms with Crippen molar-refractivity contribution in [2.75, 3.05) is 11.9 Å². The highest BCUT2D eigenvalue weighted by Crippen LogP contribution is 2.29. The third kappa shape index (κ3) is 3.83. The van der Waals surface area contributed by atoms with Gasteiger partial charge in [-0.15, -0.1) is 11.3 Å². The van der Waals surface area contributed by atoms with Crippen molar-refractivity contribution in [1.82, 2.24) is 9.97 Å². The molecule has 6 nitrogen and oxygen atoms in total. The summed E-state index contributed by atoms with van der Waals surface area (Å²) in [5.74, 6) is 0. The summed E-state index contributed by atoms with van der Waals surface area (Å²) in [6, 6.07) is 13.2. The van der Waals surface area contributed by atoms with Crippen molar-refractivity contribution in [2.24, 2.45) is 0 Å². The number of hydrogen-bond acceptors (Lipinski definition) is 5. The van der Waals surface area contributed by atoms with Crippen LogP contribution in [0, 0.1) is 5.21 Å². The number of rotatable bonds is 6. The van der Waals surface area contributed by atoms with E-state index >= 15 is 0 Å². The predicted molar refractivity (Wildman–Crippen MR) is 109 cm³/mol. The first kappa shape index (κ1) is 18.0. The number of hydrogen-bond donors (Lipinski definition) is 4. The van der Waals surface area contributed by atoms with Crippen LogP contribution in [0.1, 0.15) is 5.56 Å². The third-order valence-corrected chi connectivity index (χ3v) is 5.47. The van der Waals surface area contributed by atoms with Gasteiger partial charge < -0.3 is 15.5 Å². The van der Waals surface area contributed by atoms with Crippen molar-refractivity contribution in [1.29, 1.82) is 0 Å². The number of benzene rings is 2. The van der Waals surface area contributed by atoms with Gasteiger partial charge in [-0.25, -0.2) is 10.2 Å². The molecule has 0 radical (unpaired) electrons. The Morgan fingerprint density at radius 2 is 2.11 bits per heavy atom. The zero-order valence-electron chi connectivity index (χ0n) is 14.2. The Labute approximate surface area is 164 Å². The lowest BCUT2D eigenvalue weighted by molar-refractivity contribution is -0.991. The number of fused-ring (bicyclic) bond motifs is 1. The normalized spacial score (nSPS) is 12.4. The first-order chi connectivity index (χ1) is 13.1. The number of halogens is 1. The predicted octanol–water partition coefficient (Wildman–Crippen LogP) is 4.00. The van der Waals surface area contributed by atoms with E-state index in [-0.39, 0.29) is 10.7 Å². The summed E-state index contributed by atoms with van der Waals surface area (Å²) < 4.78 is 0. The Kier molecular flexibility index (Phi) is 5.11. The summed E-state index contributed by atoms with van der Waals surface area (Å²) in [5.41, 5.74) is 3.95. The fourth-order valence-electron chi connectivity index (χ4n) is 2.98. The fourth-order valence-corrected chi connectivity index (χ4v) is 3.93. The SMILES string of the molecule is [O-][NH+](O)c1cc(-c2csc(NCCc3c[nH]c4ccccc34)n2)ccc1Cl. The number of nitrogens with one attached hydrogen (secondary N) is 3. The maximum Gasteiger partial charge on any atom is 0.183 e. The van der Waals surface area contributed by atoms with Gasteiger partial charge in [-0.2, -0.15) is 5.23 Å². The summed E-state index contributed by atoms with van der Waals surface area (Å²) in [5, 5.41) is 26.9. The first-order valence-corrected chi connectivity index (χ1v) is 9.65. The molecule has 2 heterocycles. The minimum Gasteiger partial charge on any atom is -0.595 e. The number of anilines is 1. The number of thiazole rings is 1. The van der Waals surface area contributed by atoms with E-state index in [1.54, 1.807) is 18.2 Å². The molecule has 4 N–H and O–H groups in total. The summed E-state index contributed by atoms with van der Waals surface area (Å²) in [6.07, 6.45) is 2.92. The molecule has 0 saturated heterocycles. The summed E-state index contributed by atoms with van der Waals surface area (Å²) in [4.78, 5) is 7.84. The van der Waals surface area contributed by atoms with Gasteiger partial charge in [0.25, 0.3) is 0 Å². The standard InChI is InChI=1S/C19H17ClN4O2S/c20-15-6-5-12(9-18(15)24(25)26)17-11-27-19(23-17)21-8-7-13-10-22-16-4-2-1-3-14(13)16/h1-6,9-11,22,24-25H,7-8H2,(H,21,23). The van der Waals surface area contributed by atoms with Gasteiger partial charge in [-0.3, -0.25) is 0 Å². The zero-order valence-corrected chi connectivity index (χ0v) is 15.8. The van der Waals surface area contributed by atoms with Crippen LogP contribution in [0.4, 0.5) is 10.8 Å². The number of H-pyrrole nitrogens is 1. The van der Waals surface area contributed by atoms with Crippen LogP contribution in [0.25, 0.3) is 22.2 Å². The number of para-hydroxylation sites is 1. The topological polar surface area (TPSA) is 88.4 Å². The molecule has 0 spiro atoms. The van der Waals surface area contributed by atoms with Crippen LogP contribution in [0.3, 0.4) is 0 Å². The monoisotopic (exact) mass is 400 g/mol. The van der Waals surface area contributed by atoms with E-state index in [1.807, 2.05) is 23.7 Å². The van der Waals surface area contributed by atoms with Crippen LogP contribution in [-0.4, -0.2) is 21.7 Å². The lowest BCUT2D eigenvalue weighted by Gasteiger charge is -2.13. The molecule has 0 amide bonds. The Morgan fingerprint density at radius 1 is 1.26 bits per heavy atom. The van der Waals surface area contributed by atoms with Crippen LogP contribution in [0.15, 0.2) is 54.0 Å². The number of nitrogens with zero attached hydrogens (tertiary/aromatic N) is 1. The molecule has 0 bridgehead atoms. The number of aromatic nitrogens is 2. The van der Waals surface area contributed by atoms with E-state index in [2.05, 4.69) is 27.4 Å². The van der Waals surface area contributed by atoms with Gasteiger partial charge in [0.15, 0.2) is 10.8 Å². The molecule has 8 heteroatoms. The molecule has 4 aromatic rings. The average molecular weight is 401 g/mol. The minimum absolute atomic E-state index is 0.0796. The van der Waals surface area contributed by atoms with Crippen molar-refractivity contribution in [3.63, 3.8) is 0 Å². The zero-order chi connectivity index (χ0) is 18.8. The highest BCUT2D eigenvalue weighted by Gasteiger charge is 2.12. The van der Waals surface area contributed by atoms with Gasteiger partial charge in [0, 0.05) is 40.7 Å². The molecule has 4 rings (SSSR count). The maximum atomic E-state index is 11.2. The van der Waals surface area contributed by atoms with Crippen LogP contribution in [-0.2, 0) is 6.42 Å². The summed E-state index contributed by atoms with van der Waals surface area (Å²) in [6.45, 7) is 0.760. The van der Waals surface area contributed by atoms with E-state index in [1.165, 1.54) is 22.3 Å². The van der Waals surface area contributed by atoms with Crippen molar-refractivity contribution in [3.05, 3.63) is 69.8 Å². The van der Waals surface area contributed by atoms with Gasteiger partial charge in [0.1, 0.15) is 5.02 Å². The van der Waals surface area contributed by atoms with Gasteiger partial charge in [-0.1, -0.05) is 35.9 Å². The first-order valence-electron chi connectivity index (χ1n) is 8.39. The highest BCUT2D eigenvalue weighted by molar-refractivity contribution is 7.14. The second kappa shape index (κ2) is 7.67. The van der Waals surface area contributed by atoms with E-state index in [0.29, 0.717) is 0 Å². The molecule has 2 aromatic carbocycles. The lowest BCUT2D eigenvalue weighted by Crippen LogP contribution is -2.99. The number of aromatic amines is 1. The quantitative estimate of drug-likeness (QED) is 0.368. The molecular weight excluding hydrogens is 384 g/mol.